The summed E-state index contributed by atoms with van der Waals surface area (Å²) < 4.78 is 36.6. The molecule has 20 heavy (non-hydrogen) atoms. The van der Waals surface area contributed by atoms with Crippen molar-refractivity contribution < 1.29 is 18.3 Å². The van der Waals surface area contributed by atoms with Crippen molar-refractivity contribution in [3.8, 4) is 6.07 Å². The topological polar surface area (TPSA) is 44.0 Å². The number of hydrogen-bond acceptors (Lipinski definition) is 2. The van der Waals surface area contributed by atoms with Gasteiger partial charge in [-0.3, -0.25) is 0 Å². The van der Waals surface area contributed by atoms with E-state index in [2.05, 4.69) is 19.9 Å². The van der Waals surface area contributed by atoms with Gasteiger partial charge in [0.15, 0.2) is 0 Å². The van der Waals surface area contributed by atoms with Crippen LogP contribution >= 0.6 is 0 Å². The Morgan fingerprint density at radius 3 is 2.00 bits per heavy atom. The average molecular weight is 291 g/mol. The molecule has 1 aliphatic carbocycles. The molecule has 1 rings (SSSR count). The minimum atomic E-state index is -4.20. The summed E-state index contributed by atoms with van der Waals surface area (Å²) in [5.41, 5.74) is -2.12. The lowest BCUT2D eigenvalue weighted by molar-refractivity contribution is -0.141. The summed E-state index contributed by atoms with van der Waals surface area (Å²) in [5.74, 6) is 0. The average Bonchev–Trinajstić information content (AvgIpc) is 2.27. The number of alkyl halides is 3. The van der Waals surface area contributed by atoms with E-state index in [0.29, 0.717) is 12.8 Å². The molecule has 0 radical (unpaired) electrons. The van der Waals surface area contributed by atoms with Gasteiger partial charge in [-0.15, -0.1) is 0 Å². The molecule has 0 aromatic rings. The molecule has 0 bridgehead atoms. The van der Waals surface area contributed by atoms with Crippen molar-refractivity contribution in [2.24, 2.45) is 10.8 Å². The Morgan fingerprint density at radius 1 is 1.10 bits per heavy atom. The highest BCUT2D eigenvalue weighted by Gasteiger charge is 2.50. The van der Waals surface area contributed by atoms with Gasteiger partial charge >= 0.3 is 6.18 Å². The second kappa shape index (κ2) is 5.55. The monoisotopic (exact) mass is 291 g/mol. The van der Waals surface area contributed by atoms with Crippen LogP contribution in [-0.4, -0.2) is 16.9 Å². The molecule has 1 aliphatic rings. The number of halogens is 3. The van der Waals surface area contributed by atoms with E-state index in [9.17, 15) is 23.5 Å². The van der Waals surface area contributed by atoms with Gasteiger partial charge in [0.2, 0.25) is 0 Å². The van der Waals surface area contributed by atoms with Gasteiger partial charge in [0.05, 0.1) is 17.1 Å². The standard InChI is InChI=1S/C15H24F3NO/c1-12(2)7-9-14(11-19,10-8-12)13(3,20)5-4-6-15(16,17)18/h20H,4-10H2,1-3H3. The minimum absolute atomic E-state index is 0.0144. The molecule has 1 N–H and O–H groups in total. The highest BCUT2D eigenvalue weighted by molar-refractivity contribution is 5.12. The Kier molecular flexibility index (Phi) is 4.80. The molecule has 0 aromatic heterocycles. The zero-order valence-electron chi connectivity index (χ0n) is 12.5. The van der Waals surface area contributed by atoms with Gasteiger partial charge in [0.1, 0.15) is 0 Å². The highest BCUT2D eigenvalue weighted by atomic mass is 19.4. The van der Waals surface area contributed by atoms with Crippen LogP contribution in [0.4, 0.5) is 13.2 Å². The second-order valence-electron chi connectivity index (χ2n) is 7.10. The lowest BCUT2D eigenvalue weighted by Gasteiger charge is -2.47. The molecule has 0 amide bonds. The molecule has 0 heterocycles. The van der Waals surface area contributed by atoms with Gasteiger partial charge in [-0.05, 0) is 50.9 Å². The number of nitriles is 1. The van der Waals surface area contributed by atoms with Crippen LogP contribution < -0.4 is 0 Å². The van der Waals surface area contributed by atoms with Gasteiger partial charge in [0.25, 0.3) is 0 Å². The van der Waals surface area contributed by atoms with Gasteiger partial charge in [-0.25, -0.2) is 0 Å². The number of nitrogens with zero attached hydrogens (tertiary/aromatic N) is 1. The lowest BCUT2D eigenvalue weighted by Crippen LogP contribution is -2.48. The summed E-state index contributed by atoms with van der Waals surface area (Å²) in [6, 6.07) is 2.21. The van der Waals surface area contributed by atoms with Gasteiger partial charge in [-0.1, -0.05) is 13.8 Å². The molecule has 0 aromatic carbocycles. The fourth-order valence-corrected chi connectivity index (χ4v) is 3.00. The first-order valence-corrected chi connectivity index (χ1v) is 7.14. The van der Waals surface area contributed by atoms with Crippen LogP contribution in [0.1, 0.15) is 65.7 Å². The quantitative estimate of drug-likeness (QED) is 0.824. The number of rotatable bonds is 4. The van der Waals surface area contributed by atoms with Crippen molar-refractivity contribution in [3.05, 3.63) is 0 Å². The van der Waals surface area contributed by atoms with E-state index in [-0.39, 0.29) is 18.3 Å². The smallest absolute Gasteiger partial charge is 0.389 e. The van der Waals surface area contributed by atoms with Crippen molar-refractivity contribution in [2.75, 3.05) is 0 Å². The van der Waals surface area contributed by atoms with Crippen molar-refractivity contribution >= 4 is 0 Å². The van der Waals surface area contributed by atoms with Crippen molar-refractivity contribution in [2.45, 2.75) is 77.5 Å². The first-order chi connectivity index (χ1) is 8.93. The normalized spacial score (nSPS) is 24.7. The summed E-state index contributed by atoms with van der Waals surface area (Å²) in [5, 5.41) is 20.0. The number of hydrogen-bond donors (Lipinski definition) is 1. The lowest BCUT2D eigenvalue weighted by atomic mass is 9.58. The maximum absolute atomic E-state index is 12.2. The summed E-state index contributed by atoms with van der Waals surface area (Å²) in [6.45, 7) is 5.75. The summed E-state index contributed by atoms with van der Waals surface area (Å²) in [7, 11) is 0. The largest absolute Gasteiger partial charge is 0.389 e. The fraction of sp³-hybridized carbons (Fsp3) is 0.933. The zero-order valence-corrected chi connectivity index (χ0v) is 12.5. The molecule has 0 spiro atoms. The maximum atomic E-state index is 12.2. The van der Waals surface area contributed by atoms with E-state index >= 15 is 0 Å². The molecule has 1 fully saturated rings. The van der Waals surface area contributed by atoms with Crippen LogP contribution in [-0.2, 0) is 0 Å². The molecule has 116 valence electrons. The Morgan fingerprint density at radius 2 is 1.60 bits per heavy atom. The summed E-state index contributed by atoms with van der Waals surface area (Å²) in [4.78, 5) is 0. The fourth-order valence-electron chi connectivity index (χ4n) is 3.00. The Labute approximate surface area is 119 Å². The molecule has 0 saturated heterocycles. The molecular weight excluding hydrogens is 267 g/mol. The van der Waals surface area contributed by atoms with Crippen LogP contribution in [0.2, 0.25) is 0 Å². The van der Waals surface area contributed by atoms with E-state index in [1.54, 1.807) is 0 Å². The van der Waals surface area contributed by atoms with Crippen LogP contribution in [0.3, 0.4) is 0 Å². The van der Waals surface area contributed by atoms with E-state index in [0.717, 1.165) is 12.8 Å². The number of aliphatic hydroxyl groups is 1. The SMILES string of the molecule is CC1(C)CCC(C#N)(C(C)(O)CCCC(F)(F)F)CC1. The van der Waals surface area contributed by atoms with E-state index in [1.165, 1.54) is 6.92 Å². The maximum Gasteiger partial charge on any atom is 0.389 e. The third kappa shape index (κ3) is 4.12. The Bertz CT molecular complexity index is 370. The van der Waals surface area contributed by atoms with Crippen molar-refractivity contribution in [3.63, 3.8) is 0 Å². The van der Waals surface area contributed by atoms with Crippen molar-refractivity contribution in [1.82, 2.24) is 0 Å². The third-order valence-electron chi connectivity index (χ3n) is 4.83. The van der Waals surface area contributed by atoms with Crippen LogP contribution in [0.15, 0.2) is 0 Å². The zero-order chi connectivity index (χ0) is 15.7. The first-order valence-electron chi connectivity index (χ1n) is 7.14. The van der Waals surface area contributed by atoms with Crippen molar-refractivity contribution in [1.29, 1.82) is 5.26 Å². The van der Waals surface area contributed by atoms with Crippen LogP contribution in [0.25, 0.3) is 0 Å². The Balaban J connectivity index is 2.71. The van der Waals surface area contributed by atoms with Crippen LogP contribution in [0.5, 0.6) is 0 Å². The van der Waals surface area contributed by atoms with Gasteiger partial charge in [-0.2, -0.15) is 18.4 Å². The summed E-state index contributed by atoms with van der Waals surface area (Å²) in [6.07, 6.45) is -2.50. The summed E-state index contributed by atoms with van der Waals surface area (Å²) >= 11 is 0. The predicted molar refractivity (Wildman–Crippen MR) is 70.8 cm³/mol. The van der Waals surface area contributed by atoms with Gasteiger partial charge < -0.3 is 5.11 Å². The predicted octanol–water partition coefficient (Wildman–Crippen LogP) is 4.58. The molecule has 5 heteroatoms. The van der Waals surface area contributed by atoms with Crippen LogP contribution in [0, 0.1) is 22.2 Å². The van der Waals surface area contributed by atoms with E-state index < -0.39 is 23.6 Å². The van der Waals surface area contributed by atoms with E-state index in [1.807, 2.05) is 0 Å². The third-order valence-corrected chi connectivity index (χ3v) is 4.83. The van der Waals surface area contributed by atoms with Gasteiger partial charge in [0, 0.05) is 6.42 Å². The first kappa shape index (κ1) is 17.3. The highest BCUT2D eigenvalue weighted by Crippen LogP contribution is 2.51. The Hall–Kier alpha value is -0.760. The molecule has 1 unspecified atom stereocenters. The second-order valence-corrected chi connectivity index (χ2v) is 7.10. The molecule has 2 nitrogen and oxygen atoms in total. The molecule has 1 atom stereocenters. The molecular formula is C15H24F3NO. The van der Waals surface area contributed by atoms with E-state index in [4.69, 9.17) is 0 Å². The minimum Gasteiger partial charge on any atom is -0.389 e. The molecule has 1 saturated carbocycles. The molecule has 0 aliphatic heterocycles.